The van der Waals surface area contributed by atoms with Gasteiger partial charge in [0.2, 0.25) is 0 Å². The Morgan fingerprint density at radius 3 is 2.25 bits per heavy atom. The van der Waals surface area contributed by atoms with Crippen molar-refractivity contribution < 1.29 is 9.47 Å². The molecule has 1 fully saturated rings. The maximum Gasteiger partial charge on any atom is 0.132 e. The molecule has 1 aromatic carbocycles. The topological polar surface area (TPSA) is 50.7 Å². The van der Waals surface area contributed by atoms with Crippen LogP contribution in [0.2, 0.25) is 0 Å². The fourth-order valence-electron chi connectivity index (χ4n) is 2.97. The van der Waals surface area contributed by atoms with E-state index in [1.807, 2.05) is 25.3 Å². The molecule has 6 heteroatoms. The van der Waals surface area contributed by atoms with E-state index in [1.165, 1.54) is 5.56 Å². The van der Waals surface area contributed by atoms with Gasteiger partial charge in [-0.25, -0.2) is 9.97 Å². The van der Waals surface area contributed by atoms with Crippen molar-refractivity contribution in [2.45, 2.75) is 13.5 Å². The summed E-state index contributed by atoms with van der Waals surface area (Å²) in [4.78, 5) is 13.4. The maximum absolute atomic E-state index is 5.35. The molecule has 0 amide bonds. The van der Waals surface area contributed by atoms with Gasteiger partial charge in [-0.05, 0) is 30.7 Å². The molecule has 0 bridgehead atoms. The number of aryl methyl sites for hydroxylation is 1. The lowest BCUT2D eigenvalue weighted by atomic mass is 10.1. The largest absolute Gasteiger partial charge is 0.497 e. The summed E-state index contributed by atoms with van der Waals surface area (Å²) in [6.45, 7) is 6.76. The Balaban J connectivity index is 1.61. The number of piperazine rings is 1. The summed E-state index contributed by atoms with van der Waals surface area (Å²) in [7, 11) is 3.36. The number of rotatable bonds is 5. The highest BCUT2D eigenvalue weighted by Gasteiger charge is 2.18. The first-order valence-corrected chi connectivity index (χ1v) is 8.17. The van der Waals surface area contributed by atoms with Gasteiger partial charge in [-0.3, -0.25) is 4.90 Å². The van der Waals surface area contributed by atoms with E-state index in [0.717, 1.165) is 55.9 Å². The van der Waals surface area contributed by atoms with Crippen LogP contribution in [0.15, 0.2) is 30.5 Å². The van der Waals surface area contributed by atoms with Crippen molar-refractivity contribution in [2.24, 2.45) is 0 Å². The van der Waals surface area contributed by atoms with Crippen LogP contribution in [-0.2, 0) is 6.54 Å². The molecule has 128 valence electrons. The predicted molar refractivity (Wildman–Crippen MR) is 93.8 cm³/mol. The van der Waals surface area contributed by atoms with E-state index in [2.05, 4.69) is 31.9 Å². The number of nitrogens with zero attached hydrogens (tertiary/aromatic N) is 4. The molecule has 0 spiro atoms. The molecule has 1 aromatic heterocycles. The Morgan fingerprint density at radius 1 is 1.00 bits per heavy atom. The highest BCUT2D eigenvalue weighted by Crippen LogP contribution is 2.24. The lowest BCUT2D eigenvalue weighted by Crippen LogP contribution is -2.46. The van der Waals surface area contributed by atoms with E-state index < -0.39 is 0 Å². The molecular weight excluding hydrogens is 304 g/mol. The van der Waals surface area contributed by atoms with Crippen LogP contribution in [-0.4, -0.2) is 55.3 Å². The molecule has 6 nitrogen and oxygen atoms in total. The van der Waals surface area contributed by atoms with Gasteiger partial charge in [-0.1, -0.05) is 0 Å². The first-order chi connectivity index (χ1) is 11.7. The lowest BCUT2D eigenvalue weighted by molar-refractivity contribution is 0.248. The second-order valence-corrected chi connectivity index (χ2v) is 5.95. The minimum atomic E-state index is 0.818. The average molecular weight is 328 g/mol. The zero-order valence-corrected chi connectivity index (χ0v) is 14.5. The second-order valence-electron chi connectivity index (χ2n) is 5.95. The number of hydrogen-bond donors (Lipinski definition) is 0. The summed E-state index contributed by atoms with van der Waals surface area (Å²) in [6.07, 6.45) is 1.83. The highest BCUT2D eigenvalue weighted by atomic mass is 16.5. The molecule has 0 aliphatic carbocycles. The monoisotopic (exact) mass is 328 g/mol. The molecule has 0 radical (unpaired) electrons. The van der Waals surface area contributed by atoms with E-state index >= 15 is 0 Å². The van der Waals surface area contributed by atoms with Crippen LogP contribution in [0, 0.1) is 6.92 Å². The molecule has 2 heterocycles. The smallest absolute Gasteiger partial charge is 0.132 e. The Bertz CT molecular complexity index is 662. The minimum absolute atomic E-state index is 0.818. The predicted octanol–water partition coefficient (Wildman–Crippen LogP) is 2.12. The van der Waals surface area contributed by atoms with E-state index in [4.69, 9.17) is 9.47 Å². The molecule has 0 saturated carbocycles. The van der Waals surface area contributed by atoms with Crippen molar-refractivity contribution in [1.82, 2.24) is 14.9 Å². The van der Waals surface area contributed by atoms with Gasteiger partial charge in [0.25, 0.3) is 0 Å². The fourth-order valence-corrected chi connectivity index (χ4v) is 2.97. The van der Waals surface area contributed by atoms with Gasteiger partial charge >= 0.3 is 0 Å². The third-order valence-corrected chi connectivity index (χ3v) is 4.28. The Hall–Kier alpha value is -2.34. The number of aromatic nitrogens is 2. The van der Waals surface area contributed by atoms with Crippen molar-refractivity contribution >= 4 is 5.82 Å². The molecule has 0 atom stereocenters. The van der Waals surface area contributed by atoms with Crippen LogP contribution < -0.4 is 14.4 Å². The van der Waals surface area contributed by atoms with Crippen molar-refractivity contribution in [1.29, 1.82) is 0 Å². The number of methoxy groups -OCH3 is 2. The van der Waals surface area contributed by atoms with Gasteiger partial charge < -0.3 is 14.4 Å². The van der Waals surface area contributed by atoms with E-state index in [-0.39, 0.29) is 0 Å². The van der Waals surface area contributed by atoms with Crippen LogP contribution in [0.3, 0.4) is 0 Å². The van der Waals surface area contributed by atoms with Crippen LogP contribution in [0.4, 0.5) is 5.82 Å². The Labute approximate surface area is 143 Å². The van der Waals surface area contributed by atoms with Gasteiger partial charge in [0.05, 0.1) is 14.2 Å². The summed E-state index contributed by atoms with van der Waals surface area (Å²) in [6, 6.07) is 8.03. The second kappa shape index (κ2) is 7.49. The SMILES string of the molecule is COc1cc(CN2CCN(c3ccnc(C)n3)CC2)cc(OC)c1. The molecule has 1 aliphatic heterocycles. The van der Waals surface area contributed by atoms with Gasteiger partial charge in [0.1, 0.15) is 23.1 Å². The molecule has 1 aliphatic rings. The molecule has 24 heavy (non-hydrogen) atoms. The first kappa shape index (κ1) is 16.5. The van der Waals surface area contributed by atoms with Crippen LogP contribution in [0.1, 0.15) is 11.4 Å². The van der Waals surface area contributed by atoms with Gasteiger partial charge in [0, 0.05) is 45.0 Å². The standard InChI is InChI=1S/C18H24N4O2/c1-14-19-5-4-18(20-14)22-8-6-21(7-9-22)13-15-10-16(23-2)12-17(11-15)24-3/h4-5,10-12H,6-9,13H2,1-3H3. The van der Waals surface area contributed by atoms with E-state index in [1.54, 1.807) is 14.2 Å². The zero-order chi connectivity index (χ0) is 16.9. The molecule has 0 N–H and O–H groups in total. The molecule has 2 aromatic rings. The third kappa shape index (κ3) is 3.94. The van der Waals surface area contributed by atoms with Gasteiger partial charge in [0.15, 0.2) is 0 Å². The van der Waals surface area contributed by atoms with Crippen LogP contribution in [0.5, 0.6) is 11.5 Å². The molecule has 3 rings (SSSR count). The Morgan fingerprint density at radius 2 is 1.67 bits per heavy atom. The number of benzene rings is 1. The van der Waals surface area contributed by atoms with E-state index in [0.29, 0.717) is 0 Å². The summed E-state index contributed by atoms with van der Waals surface area (Å²) in [5.41, 5.74) is 1.21. The highest BCUT2D eigenvalue weighted by molar-refractivity contribution is 5.39. The number of ether oxygens (including phenoxy) is 2. The van der Waals surface area contributed by atoms with Crippen LogP contribution in [0.25, 0.3) is 0 Å². The minimum Gasteiger partial charge on any atom is -0.497 e. The molecule has 1 saturated heterocycles. The van der Waals surface area contributed by atoms with Crippen molar-refractivity contribution in [2.75, 3.05) is 45.3 Å². The van der Waals surface area contributed by atoms with Crippen LogP contribution >= 0.6 is 0 Å². The van der Waals surface area contributed by atoms with Gasteiger partial charge in [-0.2, -0.15) is 0 Å². The van der Waals surface area contributed by atoms with E-state index in [9.17, 15) is 0 Å². The summed E-state index contributed by atoms with van der Waals surface area (Å²) < 4.78 is 10.7. The maximum atomic E-state index is 5.35. The van der Waals surface area contributed by atoms with Crippen molar-refractivity contribution in [3.05, 3.63) is 41.9 Å². The number of hydrogen-bond acceptors (Lipinski definition) is 6. The molecular formula is C18H24N4O2. The zero-order valence-electron chi connectivity index (χ0n) is 14.5. The fraction of sp³-hybridized carbons (Fsp3) is 0.444. The number of anilines is 1. The lowest BCUT2D eigenvalue weighted by Gasteiger charge is -2.35. The first-order valence-electron chi connectivity index (χ1n) is 8.17. The summed E-state index contributed by atoms with van der Waals surface area (Å²) >= 11 is 0. The normalized spacial score (nSPS) is 15.4. The third-order valence-electron chi connectivity index (χ3n) is 4.28. The van der Waals surface area contributed by atoms with Crippen molar-refractivity contribution in [3.8, 4) is 11.5 Å². The van der Waals surface area contributed by atoms with Crippen molar-refractivity contribution in [3.63, 3.8) is 0 Å². The molecule has 0 unspecified atom stereocenters. The van der Waals surface area contributed by atoms with Gasteiger partial charge in [-0.15, -0.1) is 0 Å². The summed E-state index contributed by atoms with van der Waals surface area (Å²) in [5, 5.41) is 0. The average Bonchev–Trinajstić information content (AvgIpc) is 2.62. The quantitative estimate of drug-likeness (QED) is 0.838. The summed E-state index contributed by atoms with van der Waals surface area (Å²) in [5.74, 6) is 3.50. The Kier molecular flexibility index (Phi) is 5.15.